The van der Waals surface area contributed by atoms with Crippen LogP contribution < -0.4 is 5.32 Å². The summed E-state index contributed by atoms with van der Waals surface area (Å²) in [6.45, 7) is 10.2. The predicted octanol–water partition coefficient (Wildman–Crippen LogP) is 1.76. The molecule has 96 valence electrons. The molecule has 1 fully saturated rings. The van der Waals surface area contributed by atoms with Crippen molar-refractivity contribution >= 4 is 0 Å². The molecule has 4 heteroatoms. The minimum Gasteiger partial charge on any atom is -0.308 e. The Morgan fingerprint density at radius 2 is 2.12 bits per heavy atom. The van der Waals surface area contributed by atoms with Crippen LogP contribution in [0.2, 0.25) is 0 Å². The van der Waals surface area contributed by atoms with E-state index in [0.29, 0.717) is 11.6 Å². The Balaban J connectivity index is 1.72. The lowest BCUT2D eigenvalue weighted by Gasteiger charge is -2.41. The Morgan fingerprint density at radius 1 is 1.41 bits per heavy atom. The first kappa shape index (κ1) is 12.6. The lowest BCUT2D eigenvalue weighted by molar-refractivity contribution is 0.0959. The van der Waals surface area contributed by atoms with Crippen molar-refractivity contribution in [1.29, 1.82) is 0 Å². The number of piperidine rings is 1. The Labute approximate surface area is 104 Å². The number of aromatic amines is 1. The van der Waals surface area contributed by atoms with Gasteiger partial charge in [-0.15, -0.1) is 0 Å². The minimum atomic E-state index is 0.314. The van der Waals surface area contributed by atoms with Gasteiger partial charge >= 0.3 is 0 Å². The summed E-state index contributed by atoms with van der Waals surface area (Å²) in [4.78, 5) is 2.57. The number of likely N-dealkylation sites (tertiary alicyclic amines) is 1. The number of hydrogen-bond donors (Lipinski definition) is 2. The molecule has 0 radical (unpaired) electrons. The van der Waals surface area contributed by atoms with E-state index in [-0.39, 0.29) is 0 Å². The molecule has 1 saturated heterocycles. The summed E-state index contributed by atoms with van der Waals surface area (Å²) in [6, 6.07) is 2.67. The molecule has 2 heterocycles. The SMILES string of the molecule is CC(C)(C)N1CCC(NCc2ccn[nH]2)CC1. The molecule has 2 N–H and O–H groups in total. The standard InChI is InChI=1S/C13H24N4/c1-13(2,3)17-8-5-11(6-9-17)14-10-12-4-7-15-16-12/h4,7,11,14H,5-6,8-10H2,1-3H3,(H,15,16). The lowest BCUT2D eigenvalue weighted by atomic mass is 9.98. The van der Waals surface area contributed by atoms with Gasteiger partial charge in [0.15, 0.2) is 0 Å². The van der Waals surface area contributed by atoms with E-state index < -0.39 is 0 Å². The molecule has 0 aromatic carbocycles. The number of hydrogen-bond acceptors (Lipinski definition) is 3. The number of nitrogens with zero attached hydrogens (tertiary/aromatic N) is 2. The van der Waals surface area contributed by atoms with Gasteiger partial charge in [-0.1, -0.05) is 0 Å². The van der Waals surface area contributed by atoms with Crippen molar-refractivity contribution in [2.45, 2.75) is 51.7 Å². The predicted molar refractivity (Wildman–Crippen MR) is 69.8 cm³/mol. The molecule has 1 aliphatic rings. The second-order valence-electron chi connectivity index (χ2n) is 5.89. The summed E-state index contributed by atoms with van der Waals surface area (Å²) in [6.07, 6.45) is 4.29. The van der Waals surface area contributed by atoms with Gasteiger partial charge in [0.25, 0.3) is 0 Å². The van der Waals surface area contributed by atoms with Crippen molar-refractivity contribution in [2.75, 3.05) is 13.1 Å². The Morgan fingerprint density at radius 3 is 2.65 bits per heavy atom. The zero-order valence-electron chi connectivity index (χ0n) is 11.2. The number of H-pyrrole nitrogens is 1. The van der Waals surface area contributed by atoms with E-state index in [2.05, 4.69) is 41.2 Å². The fourth-order valence-electron chi connectivity index (χ4n) is 2.39. The first-order valence-electron chi connectivity index (χ1n) is 6.52. The molecular weight excluding hydrogens is 212 g/mol. The van der Waals surface area contributed by atoms with E-state index >= 15 is 0 Å². The highest BCUT2D eigenvalue weighted by Gasteiger charge is 2.26. The van der Waals surface area contributed by atoms with E-state index in [1.165, 1.54) is 31.6 Å². The third-order valence-electron chi connectivity index (χ3n) is 3.58. The minimum absolute atomic E-state index is 0.314. The topological polar surface area (TPSA) is 44.0 Å². The first-order valence-corrected chi connectivity index (χ1v) is 6.52. The molecule has 0 bridgehead atoms. The van der Waals surface area contributed by atoms with Gasteiger partial charge in [-0.2, -0.15) is 5.10 Å². The third kappa shape index (κ3) is 3.54. The maximum atomic E-state index is 3.96. The Bertz CT molecular complexity index is 318. The van der Waals surface area contributed by atoms with Gasteiger partial charge in [0.2, 0.25) is 0 Å². The molecule has 2 rings (SSSR count). The first-order chi connectivity index (χ1) is 8.05. The van der Waals surface area contributed by atoms with Gasteiger partial charge in [0.05, 0.1) is 0 Å². The van der Waals surface area contributed by atoms with Crippen LogP contribution in [-0.2, 0) is 6.54 Å². The van der Waals surface area contributed by atoms with E-state index in [9.17, 15) is 0 Å². The molecule has 1 aromatic rings. The van der Waals surface area contributed by atoms with E-state index in [4.69, 9.17) is 0 Å². The van der Waals surface area contributed by atoms with Crippen molar-refractivity contribution in [3.63, 3.8) is 0 Å². The highest BCUT2D eigenvalue weighted by Crippen LogP contribution is 2.20. The van der Waals surface area contributed by atoms with Gasteiger partial charge in [-0.25, -0.2) is 0 Å². The maximum absolute atomic E-state index is 3.96. The van der Waals surface area contributed by atoms with Crippen molar-refractivity contribution in [2.24, 2.45) is 0 Å². The summed E-state index contributed by atoms with van der Waals surface area (Å²) < 4.78 is 0. The highest BCUT2D eigenvalue weighted by molar-refractivity contribution is 4.97. The summed E-state index contributed by atoms with van der Waals surface area (Å²) in [7, 11) is 0. The highest BCUT2D eigenvalue weighted by atomic mass is 15.2. The summed E-state index contributed by atoms with van der Waals surface area (Å²) in [5, 5.41) is 10.5. The van der Waals surface area contributed by atoms with Crippen molar-refractivity contribution < 1.29 is 0 Å². The molecule has 0 atom stereocenters. The molecule has 0 aliphatic carbocycles. The fourth-order valence-corrected chi connectivity index (χ4v) is 2.39. The van der Waals surface area contributed by atoms with Crippen molar-refractivity contribution in [1.82, 2.24) is 20.4 Å². The van der Waals surface area contributed by atoms with Crippen LogP contribution in [0.1, 0.15) is 39.3 Å². The summed E-state index contributed by atoms with van der Waals surface area (Å²) in [5.41, 5.74) is 1.48. The Kier molecular flexibility index (Phi) is 3.84. The van der Waals surface area contributed by atoms with Crippen LogP contribution in [0, 0.1) is 0 Å². The molecule has 0 unspecified atom stereocenters. The zero-order chi connectivity index (χ0) is 12.3. The van der Waals surface area contributed by atoms with Crippen LogP contribution in [0.15, 0.2) is 12.3 Å². The van der Waals surface area contributed by atoms with E-state index in [1.54, 1.807) is 6.20 Å². The molecule has 0 saturated carbocycles. The zero-order valence-corrected chi connectivity index (χ0v) is 11.2. The van der Waals surface area contributed by atoms with Gasteiger partial charge in [0.1, 0.15) is 0 Å². The second-order valence-corrected chi connectivity index (χ2v) is 5.89. The smallest absolute Gasteiger partial charge is 0.0490 e. The number of nitrogens with one attached hydrogen (secondary N) is 2. The molecule has 0 amide bonds. The molecule has 0 spiro atoms. The molecule has 17 heavy (non-hydrogen) atoms. The normalized spacial score (nSPS) is 19.7. The van der Waals surface area contributed by atoms with Gasteiger partial charge < -0.3 is 5.32 Å². The molecular formula is C13H24N4. The van der Waals surface area contributed by atoms with Gasteiger partial charge in [-0.05, 0) is 39.7 Å². The van der Waals surface area contributed by atoms with Gasteiger partial charge in [0, 0.05) is 43.1 Å². The summed E-state index contributed by atoms with van der Waals surface area (Å²) >= 11 is 0. The number of rotatable bonds is 3. The van der Waals surface area contributed by atoms with Crippen LogP contribution in [0.3, 0.4) is 0 Å². The number of aromatic nitrogens is 2. The fraction of sp³-hybridized carbons (Fsp3) is 0.769. The average Bonchev–Trinajstić information content (AvgIpc) is 2.78. The van der Waals surface area contributed by atoms with Crippen molar-refractivity contribution in [3.05, 3.63) is 18.0 Å². The average molecular weight is 236 g/mol. The van der Waals surface area contributed by atoms with E-state index in [0.717, 1.165) is 6.54 Å². The van der Waals surface area contributed by atoms with Crippen LogP contribution in [-0.4, -0.2) is 39.8 Å². The van der Waals surface area contributed by atoms with Gasteiger partial charge in [-0.3, -0.25) is 10.00 Å². The Hall–Kier alpha value is -0.870. The maximum Gasteiger partial charge on any atom is 0.0490 e. The monoisotopic (exact) mass is 236 g/mol. The largest absolute Gasteiger partial charge is 0.308 e. The molecule has 1 aliphatic heterocycles. The lowest BCUT2D eigenvalue weighted by Crippen LogP contribution is -2.49. The van der Waals surface area contributed by atoms with Crippen LogP contribution in [0.25, 0.3) is 0 Å². The summed E-state index contributed by atoms with van der Waals surface area (Å²) in [5.74, 6) is 0. The third-order valence-corrected chi connectivity index (χ3v) is 3.58. The second kappa shape index (κ2) is 5.19. The molecule has 4 nitrogen and oxygen atoms in total. The van der Waals surface area contributed by atoms with Crippen LogP contribution in [0.4, 0.5) is 0 Å². The van der Waals surface area contributed by atoms with E-state index in [1.807, 2.05) is 6.07 Å². The van der Waals surface area contributed by atoms with Crippen LogP contribution >= 0.6 is 0 Å². The molecule has 1 aromatic heterocycles. The van der Waals surface area contributed by atoms with Crippen molar-refractivity contribution in [3.8, 4) is 0 Å². The quantitative estimate of drug-likeness (QED) is 0.840. The van der Waals surface area contributed by atoms with Crippen LogP contribution in [0.5, 0.6) is 0 Å².